The molecule has 1 aromatic carbocycles. The number of hydrogen-bond donors (Lipinski definition) is 1. The highest BCUT2D eigenvalue weighted by Gasteiger charge is 2.61. The summed E-state index contributed by atoms with van der Waals surface area (Å²) < 4.78 is 0. The molecule has 1 aliphatic rings. The highest BCUT2D eigenvalue weighted by atomic mass is 35.5. The zero-order chi connectivity index (χ0) is 15.1. The van der Waals surface area contributed by atoms with Crippen LogP contribution in [0.5, 0.6) is 0 Å². The van der Waals surface area contributed by atoms with Gasteiger partial charge in [-0.3, -0.25) is 4.79 Å². The Bertz CT molecular complexity index is 644. The van der Waals surface area contributed by atoms with Gasteiger partial charge in [0.2, 0.25) is 0 Å². The van der Waals surface area contributed by atoms with Crippen molar-refractivity contribution in [1.29, 1.82) is 5.26 Å². The highest BCUT2D eigenvalue weighted by Crippen LogP contribution is 2.59. The Labute approximate surface area is 127 Å². The van der Waals surface area contributed by atoms with Gasteiger partial charge >= 0.3 is 5.97 Å². The predicted molar refractivity (Wildman–Crippen MR) is 78.4 cm³/mol. The van der Waals surface area contributed by atoms with E-state index in [1.807, 2.05) is 13.8 Å². The summed E-state index contributed by atoms with van der Waals surface area (Å²) in [7, 11) is 0. The topological polar surface area (TPSA) is 61.1 Å². The maximum Gasteiger partial charge on any atom is 0.307 e. The van der Waals surface area contributed by atoms with Crippen LogP contribution in [0, 0.1) is 28.6 Å². The monoisotopic (exact) mass is 309 g/mol. The molecule has 20 heavy (non-hydrogen) atoms. The number of benzene rings is 1. The van der Waals surface area contributed by atoms with Gasteiger partial charge in [-0.25, -0.2) is 0 Å². The molecule has 1 N–H and O–H groups in total. The van der Waals surface area contributed by atoms with Crippen molar-refractivity contribution < 1.29 is 9.90 Å². The third-order valence-corrected chi connectivity index (χ3v) is 4.41. The van der Waals surface area contributed by atoms with E-state index in [9.17, 15) is 10.1 Å². The van der Waals surface area contributed by atoms with Crippen LogP contribution in [-0.4, -0.2) is 11.1 Å². The second-order valence-electron chi connectivity index (χ2n) is 5.48. The first-order valence-electron chi connectivity index (χ1n) is 6.09. The first kappa shape index (κ1) is 14.9. The minimum absolute atomic E-state index is 0.165. The average molecular weight is 310 g/mol. The fraction of sp³-hybridized carbons (Fsp3) is 0.333. The Kier molecular flexibility index (Phi) is 3.82. The molecule has 0 radical (unpaired) electrons. The Morgan fingerprint density at radius 2 is 2.10 bits per heavy atom. The Morgan fingerprint density at radius 3 is 2.55 bits per heavy atom. The van der Waals surface area contributed by atoms with E-state index in [0.717, 1.165) is 0 Å². The van der Waals surface area contributed by atoms with Crippen LogP contribution >= 0.6 is 23.2 Å². The van der Waals surface area contributed by atoms with Crippen molar-refractivity contribution in [3.63, 3.8) is 0 Å². The number of carboxylic acid groups (broad SMARTS) is 1. The van der Waals surface area contributed by atoms with Crippen molar-refractivity contribution in [2.24, 2.45) is 17.3 Å². The van der Waals surface area contributed by atoms with Crippen molar-refractivity contribution in [2.45, 2.75) is 13.8 Å². The van der Waals surface area contributed by atoms with Gasteiger partial charge in [0.15, 0.2) is 0 Å². The fourth-order valence-electron chi connectivity index (χ4n) is 2.54. The number of carbonyl (C=O) groups is 1. The molecule has 0 aromatic heterocycles. The molecule has 0 spiro atoms. The molecule has 0 heterocycles. The number of hydrogen-bond acceptors (Lipinski definition) is 2. The van der Waals surface area contributed by atoms with E-state index in [2.05, 4.69) is 6.07 Å². The van der Waals surface area contributed by atoms with E-state index in [1.165, 1.54) is 0 Å². The van der Waals surface area contributed by atoms with Crippen molar-refractivity contribution in [3.05, 3.63) is 39.9 Å². The number of rotatable bonds is 3. The van der Waals surface area contributed by atoms with Crippen LogP contribution in [0.3, 0.4) is 0 Å². The summed E-state index contributed by atoms with van der Waals surface area (Å²) in [4.78, 5) is 11.1. The highest BCUT2D eigenvalue weighted by molar-refractivity contribution is 6.35. The van der Waals surface area contributed by atoms with Gasteiger partial charge in [-0.15, -0.1) is 0 Å². The van der Waals surface area contributed by atoms with E-state index in [1.54, 1.807) is 24.3 Å². The summed E-state index contributed by atoms with van der Waals surface area (Å²) >= 11 is 11.9. The molecule has 1 fully saturated rings. The number of carboxylic acids is 1. The lowest BCUT2D eigenvalue weighted by atomic mass is 10.0. The first-order chi connectivity index (χ1) is 9.28. The summed E-state index contributed by atoms with van der Waals surface area (Å²) in [6.07, 6.45) is 1.70. The van der Waals surface area contributed by atoms with Crippen molar-refractivity contribution in [3.8, 4) is 6.07 Å². The number of aliphatic carboxylic acids is 1. The van der Waals surface area contributed by atoms with Crippen LogP contribution in [0.15, 0.2) is 24.3 Å². The lowest BCUT2D eigenvalue weighted by molar-refractivity contribution is -0.139. The van der Waals surface area contributed by atoms with E-state index >= 15 is 0 Å². The predicted octanol–water partition coefficient (Wildman–Crippen LogP) is 4.26. The number of nitriles is 1. The number of halogens is 2. The fourth-order valence-corrected chi connectivity index (χ4v) is 3.05. The van der Waals surface area contributed by atoms with E-state index in [4.69, 9.17) is 28.3 Å². The summed E-state index contributed by atoms with van der Waals surface area (Å²) in [6.45, 7) is 3.76. The Morgan fingerprint density at radius 1 is 1.45 bits per heavy atom. The molecule has 2 unspecified atom stereocenters. The molecule has 0 bridgehead atoms. The summed E-state index contributed by atoms with van der Waals surface area (Å²) in [6, 6.07) is 6.98. The maximum absolute atomic E-state index is 11.1. The summed E-state index contributed by atoms with van der Waals surface area (Å²) in [5.74, 6) is -1.46. The van der Waals surface area contributed by atoms with Gasteiger partial charge in [0.25, 0.3) is 0 Å². The van der Waals surface area contributed by atoms with Gasteiger partial charge < -0.3 is 5.11 Å². The molecule has 0 aliphatic heterocycles. The smallest absolute Gasteiger partial charge is 0.307 e. The van der Waals surface area contributed by atoms with Crippen molar-refractivity contribution in [2.75, 3.05) is 0 Å². The third-order valence-electron chi connectivity index (χ3n) is 3.86. The molecule has 0 amide bonds. The van der Waals surface area contributed by atoms with Gasteiger partial charge in [-0.1, -0.05) is 49.2 Å². The molecular formula is C15H13Cl2NO2. The number of nitrogens with zero attached hydrogens (tertiary/aromatic N) is 1. The summed E-state index contributed by atoms with van der Waals surface area (Å²) in [5, 5.41) is 19.3. The minimum atomic E-state index is -0.837. The van der Waals surface area contributed by atoms with Crippen LogP contribution in [0.1, 0.15) is 19.4 Å². The largest absolute Gasteiger partial charge is 0.481 e. The molecule has 5 heteroatoms. The molecule has 1 aliphatic carbocycles. The third kappa shape index (κ3) is 2.54. The average Bonchev–Trinajstić information content (AvgIpc) is 2.88. The molecule has 2 rings (SSSR count). The zero-order valence-corrected chi connectivity index (χ0v) is 12.5. The quantitative estimate of drug-likeness (QED) is 0.849. The molecule has 1 saturated carbocycles. The van der Waals surface area contributed by atoms with E-state index in [-0.39, 0.29) is 11.3 Å². The molecule has 2 atom stereocenters. The molecular weight excluding hydrogens is 297 g/mol. The van der Waals surface area contributed by atoms with Gasteiger partial charge in [-0.05, 0) is 23.5 Å². The van der Waals surface area contributed by atoms with Crippen LogP contribution in [0.4, 0.5) is 0 Å². The standard InChI is InChI=1S/C15H13Cl2NO2/c1-15(2)11(13(15)14(19)20)5-8(7-18)10-4-3-9(16)6-12(10)17/h3-6,11,13H,1-2H3,(H,19,20)/b8-5+. The number of allylic oxidation sites excluding steroid dienone is 2. The van der Waals surface area contributed by atoms with Crippen molar-refractivity contribution in [1.82, 2.24) is 0 Å². The lowest BCUT2D eigenvalue weighted by Crippen LogP contribution is -2.03. The Balaban J connectivity index is 2.37. The molecule has 1 aromatic rings. The molecule has 0 saturated heterocycles. The first-order valence-corrected chi connectivity index (χ1v) is 6.84. The maximum atomic E-state index is 11.1. The van der Waals surface area contributed by atoms with Crippen molar-refractivity contribution >= 4 is 34.7 Å². The summed E-state index contributed by atoms with van der Waals surface area (Å²) in [5.41, 5.74) is 0.617. The van der Waals surface area contributed by atoms with Crippen LogP contribution in [0.25, 0.3) is 5.57 Å². The molecule has 104 valence electrons. The van der Waals surface area contributed by atoms with E-state index < -0.39 is 11.9 Å². The molecule has 3 nitrogen and oxygen atoms in total. The SMILES string of the molecule is CC1(C)C(/C=C(\C#N)c2ccc(Cl)cc2Cl)C1C(=O)O. The van der Waals surface area contributed by atoms with Crippen LogP contribution in [-0.2, 0) is 4.79 Å². The van der Waals surface area contributed by atoms with Gasteiger partial charge in [0, 0.05) is 10.6 Å². The normalized spacial score (nSPS) is 24.1. The minimum Gasteiger partial charge on any atom is -0.481 e. The lowest BCUT2D eigenvalue weighted by Gasteiger charge is -2.04. The van der Waals surface area contributed by atoms with Gasteiger partial charge in [-0.2, -0.15) is 5.26 Å². The second-order valence-corrected chi connectivity index (χ2v) is 6.32. The second kappa shape index (κ2) is 5.12. The van der Waals surface area contributed by atoms with E-state index in [0.29, 0.717) is 21.2 Å². The van der Waals surface area contributed by atoms with Crippen LogP contribution < -0.4 is 0 Å². The zero-order valence-electron chi connectivity index (χ0n) is 11.0. The Hall–Kier alpha value is -1.50. The van der Waals surface area contributed by atoms with Gasteiger partial charge in [0.1, 0.15) is 0 Å². The van der Waals surface area contributed by atoms with Gasteiger partial charge in [0.05, 0.1) is 22.6 Å². The van der Waals surface area contributed by atoms with Crippen LogP contribution in [0.2, 0.25) is 10.0 Å².